The van der Waals surface area contributed by atoms with Crippen molar-refractivity contribution in [2.75, 3.05) is 5.43 Å². The van der Waals surface area contributed by atoms with Crippen LogP contribution in [0.15, 0.2) is 65.8 Å². The number of nitrogens with one attached hydrogen (secondary N) is 1. The Hall–Kier alpha value is -3.82. The number of benzene rings is 2. The maximum Gasteiger partial charge on any atom is 0.433 e. The third-order valence-corrected chi connectivity index (χ3v) is 3.88. The van der Waals surface area contributed by atoms with Crippen molar-refractivity contribution in [3.8, 4) is 11.4 Å². The molecule has 1 aromatic heterocycles. The van der Waals surface area contributed by atoms with Gasteiger partial charge in [-0.1, -0.05) is 30.3 Å². The van der Waals surface area contributed by atoms with Gasteiger partial charge in [0, 0.05) is 23.8 Å². The van der Waals surface area contributed by atoms with Crippen molar-refractivity contribution in [3.05, 3.63) is 82.0 Å². The summed E-state index contributed by atoms with van der Waals surface area (Å²) in [4.78, 5) is 17.9. The number of aromatic nitrogens is 2. The first-order valence-corrected chi connectivity index (χ1v) is 8.31. The Morgan fingerprint density at radius 2 is 1.72 bits per heavy atom. The number of nitro benzene ring substituents is 1. The molecule has 0 spiro atoms. The van der Waals surface area contributed by atoms with E-state index in [1.807, 2.05) is 0 Å². The second-order valence-corrected chi connectivity index (χ2v) is 5.94. The van der Waals surface area contributed by atoms with Crippen LogP contribution in [0.2, 0.25) is 0 Å². The predicted octanol–water partition coefficient (Wildman–Crippen LogP) is 4.91. The molecule has 3 aromatic rings. The lowest BCUT2D eigenvalue weighted by Gasteiger charge is -2.10. The van der Waals surface area contributed by atoms with E-state index in [9.17, 15) is 23.3 Å². The minimum Gasteiger partial charge on any atom is -0.261 e. The van der Waals surface area contributed by atoms with Gasteiger partial charge in [-0.25, -0.2) is 9.97 Å². The molecule has 0 saturated carbocycles. The summed E-state index contributed by atoms with van der Waals surface area (Å²) in [5.41, 5.74) is 2.73. The Kier molecular flexibility index (Phi) is 5.53. The molecule has 3 rings (SSSR count). The lowest BCUT2D eigenvalue weighted by Crippen LogP contribution is -2.11. The smallest absolute Gasteiger partial charge is 0.261 e. The van der Waals surface area contributed by atoms with Crippen LogP contribution < -0.4 is 5.43 Å². The van der Waals surface area contributed by atoms with E-state index in [4.69, 9.17) is 0 Å². The van der Waals surface area contributed by atoms with Crippen LogP contribution in [0.3, 0.4) is 0 Å². The Morgan fingerprint density at radius 1 is 1.07 bits per heavy atom. The SMILES string of the molecule is CC(=NNc1cc(C(F)(F)F)nc(-c2ccccc2)n1)c1ccc([N+](=O)[O-])cc1. The number of anilines is 1. The quantitative estimate of drug-likeness (QED) is 0.373. The van der Waals surface area contributed by atoms with Crippen LogP contribution in [0.25, 0.3) is 11.4 Å². The molecular weight excluding hydrogens is 387 g/mol. The van der Waals surface area contributed by atoms with Crippen LogP contribution in [0.1, 0.15) is 18.2 Å². The molecule has 0 bridgehead atoms. The lowest BCUT2D eigenvalue weighted by atomic mass is 10.1. The second-order valence-electron chi connectivity index (χ2n) is 5.94. The number of hydrazone groups is 1. The number of non-ortho nitro benzene ring substituents is 1. The first kappa shape index (κ1) is 19.9. The van der Waals surface area contributed by atoms with E-state index in [-0.39, 0.29) is 17.3 Å². The number of hydrogen-bond acceptors (Lipinski definition) is 6. The van der Waals surface area contributed by atoms with Crippen LogP contribution >= 0.6 is 0 Å². The zero-order chi connectivity index (χ0) is 21.0. The highest BCUT2D eigenvalue weighted by molar-refractivity contribution is 5.99. The average molecular weight is 401 g/mol. The van der Waals surface area contributed by atoms with Crippen LogP contribution in [-0.4, -0.2) is 20.6 Å². The first-order valence-electron chi connectivity index (χ1n) is 8.31. The van der Waals surface area contributed by atoms with Gasteiger partial charge in [0.1, 0.15) is 0 Å². The number of nitro groups is 1. The van der Waals surface area contributed by atoms with Crippen LogP contribution in [0.5, 0.6) is 0 Å². The van der Waals surface area contributed by atoms with Gasteiger partial charge in [0.05, 0.1) is 10.6 Å². The van der Waals surface area contributed by atoms with E-state index in [1.165, 1.54) is 24.3 Å². The van der Waals surface area contributed by atoms with Gasteiger partial charge in [-0.3, -0.25) is 15.5 Å². The Morgan fingerprint density at radius 3 is 2.31 bits per heavy atom. The third-order valence-electron chi connectivity index (χ3n) is 3.88. The fourth-order valence-electron chi connectivity index (χ4n) is 2.40. The Labute approximate surface area is 163 Å². The molecule has 0 amide bonds. The van der Waals surface area contributed by atoms with E-state index in [0.717, 1.165) is 6.07 Å². The fourth-order valence-corrected chi connectivity index (χ4v) is 2.40. The van der Waals surface area contributed by atoms with Crippen LogP contribution in [0.4, 0.5) is 24.7 Å². The molecule has 0 atom stereocenters. The summed E-state index contributed by atoms with van der Waals surface area (Å²) < 4.78 is 39.7. The zero-order valence-corrected chi connectivity index (χ0v) is 15.0. The van der Waals surface area contributed by atoms with Gasteiger partial charge in [-0.05, 0) is 24.6 Å². The molecule has 1 heterocycles. The normalized spacial score (nSPS) is 11.9. The van der Waals surface area contributed by atoms with Crippen molar-refractivity contribution < 1.29 is 18.1 Å². The second kappa shape index (κ2) is 8.05. The molecule has 0 aliphatic carbocycles. The molecule has 10 heteroatoms. The minimum atomic E-state index is -4.65. The van der Waals surface area contributed by atoms with Gasteiger partial charge in [-0.15, -0.1) is 0 Å². The van der Waals surface area contributed by atoms with Crippen molar-refractivity contribution in [1.29, 1.82) is 0 Å². The maximum atomic E-state index is 13.2. The topological polar surface area (TPSA) is 93.3 Å². The van der Waals surface area contributed by atoms with Gasteiger partial charge in [0.25, 0.3) is 5.69 Å². The van der Waals surface area contributed by atoms with Crippen molar-refractivity contribution in [1.82, 2.24) is 9.97 Å². The lowest BCUT2D eigenvalue weighted by molar-refractivity contribution is -0.384. The number of alkyl halides is 3. The monoisotopic (exact) mass is 401 g/mol. The van der Waals surface area contributed by atoms with E-state index < -0.39 is 16.8 Å². The summed E-state index contributed by atoms with van der Waals surface area (Å²) >= 11 is 0. The minimum absolute atomic E-state index is 0.0763. The summed E-state index contributed by atoms with van der Waals surface area (Å²) in [5.74, 6) is -0.224. The van der Waals surface area contributed by atoms with Crippen molar-refractivity contribution in [2.24, 2.45) is 5.10 Å². The van der Waals surface area contributed by atoms with Gasteiger partial charge in [0.15, 0.2) is 17.3 Å². The standard InChI is InChI=1S/C19H14F3N5O2/c1-12(13-7-9-15(10-8-13)27(28)29)25-26-17-11-16(19(20,21)22)23-18(24-17)14-5-3-2-4-6-14/h2-11H,1H3,(H,23,24,26). The summed E-state index contributed by atoms with van der Waals surface area (Å²) in [5, 5.41) is 14.7. The summed E-state index contributed by atoms with van der Waals surface area (Å²) in [6, 6.07) is 14.7. The number of nitrogens with zero attached hydrogens (tertiary/aromatic N) is 4. The Bertz CT molecular complexity index is 1050. The summed E-state index contributed by atoms with van der Waals surface area (Å²) in [7, 11) is 0. The van der Waals surface area contributed by atoms with Crippen molar-refractivity contribution in [3.63, 3.8) is 0 Å². The van der Waals surface area contributed by atoms with E-state index in [2.05, 4.69) is 20.5 Å². The molecule has 29 heavy (non-hydrogen) atoms. The molecule has 0 aliphatic heterocycles. The predicted molar refractivity (Wildman–Crippen MR) is 101 cm³/mol. The molecule has 0 radical (unpaired) electrons. The van der Waals surface area contributed by atoms with E-state index >= 15 is 0 Å². The van der Waals surface area contributed by atoms with Crippen molar-refractivity contribution >= 4 is 17.2 Å². The summed E-state index contributed by atoms with van der Waals surface area (Å²) in [6.45, 7) is 1.61. The molecule has 7 nitrogen and oxygen atoms in total. The third kappa shape index (κ3) is 4.92. The highest BCUT2D eigenvalue weighted by atomic mass is 19.4. The highest BCUT2D eigenvalue weighted by Crippen LogP contribution is 2.30. The molecule has 2 aromatic carbocycles. The van der Waals surface area contributed by atoms with Gasteiger partial charge in [0.2, 0.25) is 0 Å². The molecule has 0 fully saturated rings. The van der Waals surface area contributed by atoms with Crippen LogP contribution in [0, 0.1) is 10.1 Å². The van der Waals surface area contributed by atoms with E-state index in [1.54, 1.807) is 37.3 Å². The van der Waals surface area contributed by atoms with Gasteiger partial charge in [-0.2, -0.15) is 18.3 Å². The molecule has 0 saturated heterocycles. The number of rotatable bonds is 5. The Balaban J connectivity index is 1.91. The summed E-state index contributed by atoms with van der Waals surface area (Å²) in [6.07, 6.45) is -4.65. The molecular formula is C19H14F3N5O2. The highest BCUT2D eigenvalue weighted by Gasteiger charge is 2.33. The average Bonchev–Trinajstić information content (AvgIpc) is 2.72. The number of halogens is 3. The van der Waals surface area contributed by atoms with E-state index in [0.29, 0.717) is 16.8 Å². The molecule has 0 aliphatic rings. The first-order chi connectivity index (χ1) is 13.7. The number of hydrogen-bond donors (Lipinski definition) is 1. The van der Waals surface area contributed by atoms with Crippen molar-refractivity contribution in [2.45, 2.75) is 13.1 Å². The van der Waals surface area contributed by atoms with Crippen LogP contribution in [-0.2, 0) is 6.18 Å². The van der Waals surface area contributed by atoms with Gasteiger partial charge < -0.3 is 0 Å². The van der Waals surface area contributed by atoms with Gasteiger partial charge >= 0.3 is 6.18 Å². The zero-order valence-electron chi connectivity index (χ0n) is 15.0. The molecule has 0 unspecified atom stereocenters. The maximum absolute atomic E-state index is 13.2. The molecule has 148 valence electrons. The fraction of sp³-hybridized carbons (Fsp3) is 0.105. The largest absolute Gasteiger partial charge is 0.433 e. The molecule has 1 N–H and O–H groups in total.